The fourth-order valence-electron chi connectivity index (χ4n) is 2.12. The Morgan fingerprint density at radius 2 is 2.16 bits per heavy atom. The molecule has 0 aliphatic heterocycles. The standard InChI is InChI=1S/C15H18ClFN2/c1-2-3-15(18)11-6-7-19(9-11)10-12-8-13(17)4-5-14(12)16/h4-9,15H,2-3,10,18H2,1H3. The Kier molecular flexibility index (Phi) is 4.61. The summed E-state index contributed by atoms with van der Waals surface area (Å²) in [7, 11) is 0. The summed E-state index contributed by atoms with van der Waals surface area (Å²) in [5, 5.41) is 0.578. The molecule has 0 saturated carbocycles. The third kappa shape index (κ3) is 3.58. The lowest BCUT2D eigenvalue weighted by atomic mass is 10.1. The van der Waals surface area contributed by atoms with Gasteiger partial charge in [-0.05, 0) is 41.8 Å². The van der Waals surface area contributed by atoms with E-state index in [0.29, 0.717) is 11.6 Å². The molecule has 0 saturated heterocycles. The first-order chi connectivity index (χ1) is 9.10. The van der Waals surface area contributed by atoms with Crippen molar-refractivity contribution in [2.24, 2.45) is 5.73 Å². The van der Waals surface area contributed by atoms with Crippen molar-refractivity contribution >= 4 is 11.6 Å². The van der Waals surface area contributed by atoms with Crippen LogP contribution in [0.1, 0.15) is 36.9 Å². The quantitative estimate of drug-likeness (QED) is 0.877. The van der Waals surface area contributed by atoms with E-state index in [1.807, 2.05) is 23.0 Å². The first kappa shape index (κ1) is 14.1. The minimum atomic E-state index is -0.269. The van der Waals surface area contributed by atoms with Crippen molar-refractivity contribution < 1.29 is 4.39 Å². The number of nitrogens with two attached hydrogens (primary N) is 1. The number of hydrogen-bond donors (Lipinski definition) is 1. The van der Waals surface area contributed by atoms with E-state index in [0.717, 1.165) is 24.0 Å². The van der Waals surface area contributed by atoms with Crippen LogP contribution >= 0.6 is 11.6 Å². The van der Waals surface area contributed by atoms with Gasteiger partial charge in [-0.1, -0.05) is 24.9 Å². The molecule has 4 heteroatoms. The Balaban J connectivity index is 2.13. The van der Waals surface area contributed by atoms with Crippen LogP contribution in [-0.4, -0.2) is 4.57 Å². The summed E-state index contributed by atoms with van der Waals surface area (Å²) in [5.41, 5.74) is 7.94. The smallest absolute Gasteiger partial charge is 0.123 e. The van der Waals surface area contributed by atoms with E-state index in [1.165, 1.54) is 12.1 Å². The van der Waals surface area contributed by atoms with E-state index >= 15 is 0 Å². The zero-order valence-corrected chi connectivity index (χ0v) is 11.7. The molecule has 0 radical (unpaired) electrons. The Labute approximate surface area is 118 Å². The molecule has 2 nitrogen and oxygen atoms in total. The molecule has 1 unspecified atom stereocenters. The molecule has 102 valence electrons. The van der Waals surface area contributed by atoms with Crippen LogP contribution in [-0.2, 0) is 6.54 Å². The molecule has 2 aromatic rings. The normalized spacial score (nSPS) is 12.6. The summed E-state index contributed by atoms with van der Waals surface area (Å²) in [6, 6.07) is 6.49. The number of nitrogens with zero attached hydrogens (tertiary/aromatic N) is 1. The zero-order chi connectivity index (χ0) is 13.8. The third-order valence-electron chi connectivity index (χ3n) is 3.16. The highest BCUT2D eigenvalue weighted by Crippen LogP contribution is 2.20. The SMILES string of the molecule is CCCC(N)c1ccn(Cc2cc(F)ccc2Cl)c1. The van der Waals surface area contributed by atoms with Crippen molar-refractivity contribution in [3.63, 3.8) is 0 Å². The minimum absolute atomic E-state index is 0.0641. The second kappa shape index (κ2) is 6.22. The van der Waals surface area contributed by atoms with Crippen molar-refractivity contribution in [3.8, 4) is 0 Å². The molecule has 1 aromatic heterocycles. The maximum absolute atomic E-state index is 13.2. The highest BCUT2D eigenvalue weighted by molar-refractivity contribution is 6.31. The van der Waals surface area contributed by atoms with Crippen LogP contribution in [0.15, 0.2) is 36.7 Å². The van der Waals surface area contributed by atoms with E-state index in [-0.39, 0.29) is 11.9 Å². The maximum Gasteiger partial charge on any atom is 0.123 e. The van der Waals surface area contributed by atoms with Gasteiger partial charge in [0.05, 0.1) is 0 Å². The molecule has 0 spiro atoms. The van der Waals surface area contributed by atoms with Crippen LogP contribution < -0.4 is 5.73 Å². The van der Waals surface area contributed by atoms with Gasteiger partial charge in [0.15, 0.2) is 0 Å². The van der Waals surface area contributed by atoms with E-state index < -0.39 is 0 Å². The van der Waals surface area contributed by atoms with Gasteiger partial charge >= 0.3 is 0 Å². The molecule has 1 aromatic carbocycles. The molecular formula is C15H18ClFN2. The van der Waals surface area contributed by atoms with Crippen molar-refractivity contribution in [2.75, 3.05) is 0 Å². The highest BCUT2D eigenvalue weighted by atomic mass is 35.5. The topological polar surface area (TPSA) is 30.9 Å². The van der Waals surface area contributed by atoms with Gasteiger partial charge < -0.3 is 10.3 Å². The number of benzene rings is 1. The monoisotopic (exact) mass is 280 g/mol. The Hall–Kier alpha value is -1.32. The van der Waals surface area contributed by atoms with Gasteiger partial charge in [-0.25, -0.2) is 4.39 Å². The summed E-state index contributed by atoms with van der Waals surface area (Å²) in [6.07, 6.45) is 5.97. The molecule has 1 atom stereocenters. The fourth-order valence-corrected chi connectivity index (χ4v) is 2.29. The molecule has 2 rings (SSSR count). The molecule has 19 heavy (non-hydrogen) atoms. The van der Waals surface area contributed by atoms with E-state index in [4.69, 9.17) is 17.3 Å². The molecular weight excluding hydrogens is 263 g/mol. The van der Waals surface area contributed by atoms with Crippen LogP contribution in [0.3, 0.4) is 0 Å². The Morgan fingerprint density at radius 1 is 1.37 bits per heavy atom. The van der Waals surface area contributed by atoms with Crippen molar-refractivity contribution in [2.45, 2.75) is 32.4 Å². The second-order valence-corrected chi connectivity index (χ2v) is 5.16. The number of halogens is 2. The molecule has 0 amide bonds. The van der Waals surface area contributed by atoms with Gasteiger partial charge in [-0.2, -0.15) is 0 Å². The van der Waals surface area contributed by atoms with Gasteiger partial charge in [0.25, 0.3) is 0 Å². The van der Waals surface area contributed by atoms with E-state index in [2.05, 4.69) is 6.92 Å². The zero-order valence-electron chi connectivity index (χ0n) is 10.9. The highest BCUT2D eigenvalue weighted by Gasteiger charge is 2.08. The predicted octanol–water partition coefficient (Wildman–Crippen LogP) is 4.13. The number of hydrogen-bond acceptors (Lipinski definition) is 1. The van der Waals surface area contributed by atoms with Crippen LogP contribution in [0.2, 0.25) is 5.02 Å². The van der Waals surface area contributed by atoms with Crippen molar-refractivity contribution in [1.82, 2.24) is 4.57 Å². The average molecular weight is 281 g/mol. The van der Waals surface area contributed by atoms with Gasteiger partial charge in [-0.3, -0.25) is 0 Å². The van der Waals surface area contributed by atoms with E-state index in [1.54, 1.807) is 6.07 Å². The van der Waals surface area contributed by atoms with Crippen LogP contribution in [0.25, 0.3) is 0 Å². The van der Waals surface area contributed by atoms with Crippen LogP contribution in [0.5, 0.6) is 0 Å². The summed E-state index contributed by atoms with van der Waals surface area (Å²) in [6.45, 7) is 2.67. The average Bonchev–Trinajstić information content (AvgIpc) is 2.83. The molecule has 0 bridgehead atoms. The molecule has 1 heterocycles. The lowest BCUT2D eigenvalue weighted by Crippen LogP contribution is -2.08. The summed E-state index contributed by atoms with van der Waals surface area (Å²) < 4.78 is 15.2. The first-order valence-corrected chi connectivity index (χ1v) is 6.83. The maximum atomic E-state index is 13.2. The Bertz CT molecular complexity index is 551. The number of aromatic nitrogens is 1. The van der Waals surface area contributed by atoms with Gasteiger partial charge in [0.2, 0.25) is 0 Å². The lowest BCUT2D eigenvalue weighted by molar-refractivity contribution is 0.622. The third-order valence-corrected chi connectivity index (χ3v) is 3.53. The molecule has 0 fully saturated rings. The largest absolute Gasteiger partial charge is 0.350 e. The predicted molar refractivity (Wildman–Crippen MR) is 76.8 cm³/mol. The van der Waals surface area contributed by atoms with E-state index in [9.17, 15) is 4.39 Å². The van der Waals surface area contributed by atoms with Crippen molar-refractivity contribution in [1.29, 1.82) is 0 Å². The summed E-state index contributed by atoms with van der Waals surface area (Å²) in [4.78, 5) is 0. The summed E-state index contributed by atoms with van der Waals surface area (Å²) in [5.74, 6) is -0.269. The minimum Gasteiger partial charge on any atom is -0.350 e. The fraction of sp³-hybridized carbons (Fsp3) is 0.333. The lowest BCUT2D eigenvalue weighted by Gasteiger charge is -2.08. The van der Waals surface area contributed by atoms with Crippen LogP contribution in [0, 0.1) is 5.82 Å². The Morgan fingerprint density at radius 3 is 2.89 bits per heavy atom. The second-order valence-electron chi connectivity index (χ2n) is 4.75. The van der Waals surface area contributed by atoms with Gasteiger partial charge in [0.1, 0.15) is 5.82 Å². The van der Waals surface area contributed by atoms with Crippen molar-refractivity contribution in [3.05, 3.63) is 58.6 Å². The molecule has 0 aliphatic rings. The molecule has 2 N–H and O–H groups in total. The van der Waals surface area contributed by atoms with Gasteiger partial charge in [-0.15, -0.1) is 0 Å². The summed E-state index contributed by atoms with van der Waals surface area (Å²) >= 11 is 6.06. The van der Waals surface area contributed by atoms with Gasteiger partial charge in [0, 0.05) is 30.0 Å². The van der Waals surface area contributed by atoms with Crippen LogP contribution in [0.4, 0.5) is 4.39 Å². The number of rotatable bonds is 5. The first-order valence-electron chi connectivity index (χ1n) is 6.45. The molecule has 0 aliphatic carbocycles.